The molecule has 3 heterocycles. The summed E-state index contributed by atoms with van der Waals surface area (Å²) in [5.74, 6) is -1.07. The van der Waals surface area contributed by atoms with E-state index in [0.29, 0.717) is 44.8 Å². The van der Waals surface area contributed by atoms with Crippen LogP contribution in [0.4, 0.5) is 21.5 Å². The summed E-state index contributed by atoms with van der Waals surface area (Å²) >= 11 is 12.5. The topological polar surface area (TPSA) is 102 Å². The van der Waals surface area contributed by atoms with Gasteiger partial charge in [-0.05, 0) is 56.3 Å². The first-order chi connectivity index (χ1) is 18.6. The third-order valence-corrected chi connectivity index (χ3v) is 7.55. The minimum Gasteiger partial charge on any atom is -0.496 e. The Morgan fingerprint density at radius 1 is 1.05 bits per heavy atom. The highest BCUT2D eigenvalue weighted by Crippen LogP contribution is 2.55. The van der Waals surface area contributed by atoms with Crippen molar-refractivity contribution < 1.29 is 18.7 Å². The second-order valence-corrected chi connectivity index (χ2v) is 10.5. The van der Waals surface area contributed by atoms with Gasteiger partial charge in [0.05, 0.1) is 24.1 Å². The summed E-state index contributed by atoms with van der Waals surface area (Å²) in [7, 11) is 1.51. The molecule has 4 aromatic rings. The van der Waals surface area contributed by atoms with E-state index in [2.05, 4.69) is 5.32 Å². The molecule has 2 aliphatic rings. The van der Waals surface area contributed by atoms with Crippen LogP contribution in [0.1, 0.15) is 41.6 Å². The maximum atomic E-state index is 15.4. The molecule has 2 aliphatic heterocycles. The summed E-state index contributed by atoms with van der Waals surface area (Å²) in [4.78, 5) is 34.3. The smallest absolute Gasteiger partial charge is 0.280 e. The molecule has 0 saturated carbocycles. The molecule has 6 rings (SSSR count). The van der Waals surface area contributed by atoms with Crippen LogP contribution in [0.2, 0.25) is 10.0 Å². The number of hydrogen-bond donors (Lipinski definition) is 2. The van der Waals surface area contributed by atoms with Crippen LogP contribution >= 0.6 is 23.2 Å². The number of halogens is 3. The molecule has 0 radical (unpaired) electrons. The number of ether oxygens (including phenoxy) is 1. The minimum atomic E-state index is -1.80. The van der Waals surface area contributed by atoms with Gasteiger partial charge in [-0.1, -0.05) is 29.3 Å². The number of carbonyl (C=O) groups is 2. The molecule has 1 spiro atoms. The maximum Gasteiger partial charge on any atom is 0.280 e. The first-order valence-corrected chi connectivity index (χ1v) is 12.8. The maximum absolute atomic E-state index is 15.4. The Morgan fingerprint density at radius 3 is 2.49 bits per heavy atom. The van der Waals surface area contributed by atoms with Crippen molar-refractivity contribution in [3.05, 3.63) is 87.4 Å². The van der Waals surface area contributed by atoms with Crippen LogP contribution in [0.15, 0.2) is 54.6 Å². The predicted molar refractivity (Wildman–Crippen MR) is 148 cm³/mol. The zero-order valence-corrected chi connectivity index (χ0v) is 22.6. The largest absolute Gasteiger partial charge is 0.496 e. The van der Waals surface area contributed by atoms with Crippen LogP contribution < -0.4 is 20.7 Å². The fourth-order valence-electron chi connectivity index (χ4n) is 5.55. The van der Waals surface area contributed by atoms with E-state index < -0.39 is 23.2 Å². The number of hydrogen-bond acceptors (Lipinski definition) is 5. The first kappa shape index (κ1) is 25.2. The number of nitrogen functional groups attached to an aromatic ring is 1. The fourth-order valence-corrected chi connectivity index (χ4v) is 5.89. The number of fused-ring (bicyclic) bond motifs is 4. The van der Waals surface area contributed by atoms with Crippen LogP contribution in [-0.2, 0) is 10.3 Å². The van der Waals surface area contributed by atoms with Crippen LogP contribution in [0.5, 0.6) is 5.75 Å². The quantitative estimate of drug-likeness (QED) is 0.294. The van der Waals surface area contributed by atoms with Crippen molar-refractivity contribution in [1.29, 1.82) is 0 Å². The number of rotatable bonds is 4. The summed E-state index contributed by atoms with van der Waals surface area (Å²) in [6.45, 7) is 3.82. The molecule has 0 fully saturated rings. The lowest BCUT2D eigenvalue weighted by Gasteiger charge is -2.36. The van der Waals surface area contributed by atoms with Gasteiger partial charge in [0.25, 0.3) is 11.8 Å². The number of amides is 2. The molecule has 1 aromatic heterocycles. The number of nitrogens with zero attached hydrogens (tertiary/aromatic N) is 3. The highest BCUT2D eigenvalue weighted by Gasteiger charge is 2.64. The van der Waals surface area contributed by atoms with Crippen molar-refractivity contribution in [3.8, 4) is 17.1 Å². The lowest BCUT2D eigenvalue weighted by atomic mass is 9.87. The van der Waals surface area contributed by atoms with Crippen LogP contribution in [-0.4, -0.2) is 28.5 Å². The van der Waals surface area contributed by atoms with Crippen molar-refractivity contribution in [2.24, 2.45) is 0 Å². The third kappa shape index (κ3) is 3.39. The number of nitrogens with one attached hydrogen (secondary N) is 1. The van der Waals surface area contributed by atoms with E-state index in [-0.39, 0.29) is 22.4 Å². The Balaban J connectivity index is 1.74. The molecule has 1 atom stereocenters. The van der Waals surface area contributed by atoms with E-state index in [9.17, 15) is 9.59 Å². The molecule has 0 saturated heterocycles. The number of imidazole rings is 1. The minimum absolute atomic E-state index is 0.00917. The van der Waals surface area contributed by atoms with Crippen molar-refractivity contribution >= 4 is 52.1 Å². The van der Waals surface area contributed by atoms with E-state index in [0.717, 1.165) is 11.0 Å². The van der Waals surface area contributed by atoms with Gasteiger partial charge in [0.1, 0.15) is 17.4 Å². The first-order valence-electron chi connectivity index (χ1n) is 12.1. The SMILES string of the molecule is COc1cc(N)ccc1-c1nc2c(n1C(C)C)[C@]1(C(=O)Nc3cc(Cl)ccc31)N(c1cc(Cl)ccc1F)C2=O. The van der Waals surface area contributed by atoms with Crippen LogP contribution in [0.25, 0.3) is 11.4 Å². The standard InChI is InChI=1S/C28H22Cl2FN5O3/c1-13(2)35-24-23(34-25(35)17-7-6-16(32)12-22(17)39-3)26(37)36(21-11-15(30)5-9-19(21)31)28(24)18-8-4-14(29)10-20(18)33-27(28)38/h4-13H,32H2,1-3H3,(H,33,38)/t28-/m1/s1. The third-order valence-electron chi connectivity index (χ3n) is 7.08. The molecule has 8 nitrogen and oxygen atoms in total. The summed E-state index contributed by atoms with van der Waals surface area (Å²) in [6, 6.07) is 13.6. The van der Waals surface area contributed by atoms with Gasteiger partial charge < -0.3 is 20.4 Å². The molecule has 3 aromatic carbocycles. The zero-order valence-electron chi connectivity index (χ0n) is 21.1. The van der Waals surface area contributed by atoms with Gasteiger partial charge in [0.2, 0.25) is 0 Å². The Labute approximate surface area is 233 Å². The van der Waals surface area contributed by atoms with Crippen molar-refractivity contribution in [3.63, 3.8) is 0 Å². The Kier molecular flexibility index (Phi) is 5.64. The zero-order chi connectivity index (χ0) is 27.8. The number of aromatic nitrogens is 2. The van der Waals surface area contributed by atoms with Gasteiger partial charge in [-0.3, -0.25) is 14.5 Å². The Hall–Kier alpha value is -4.08. The highest BCUT2D eigenvalue weighted by atomic mass is 35.5. The number of carbonyl (C=O) groups excluding carboxylic acids is 2. The molecule has 11 heteroatoms. The van der Waals surface area contributed by atoms with Crippen molar-refractivity contribution in [2.45, 2.75) is 25.4 Å². The summed E-state index contributed by atoms with van der Waals surface area (Å²) in [6.07, 6.45) is 0. The molecular formula is C28H22Cl2FN5O3. The number of methoxy groups -OCH3 is 1. The van der Waals surface area contributed by atoms with E-state index in [1.165, 1.54) is 19.2 Å². The summed E-state index contributed by atoms with van der Waals surface area (Å²) < 4.78 is 22.8. The second-order valence-electron chi connectivity index (χ2n) is 9.65. The summed E-state index contributed by atoms with van der Waals surface area (Å²) in [5.41, 5.74) is 6.25. The van der Waals surface area contributed by atoms with Gasteiger partial charge in [-0.2, -0.15) is 0 Å². The molecule has 3 N–H and O–H groups in total. The lowest BCUT2D eigenvalue weighted by molar-refractivity contribution is -0.119. The summed E-state index contributed by atoms with van der Waals surface area (Å²) in [5, 5.41) is 3.45. The van der Waals surface area contributed by atoms with Gasteiger partial charge in [0.15, 0.2) is 11.2 Å². The number of benzene rings is 3. The van der Waals surface area contributed by atoms with Crippen molar-refractivity contribution in [2.75, 3.05) is 23.1 Å². The molecular weight excluding hydrogens is 544 g/mol. The molecule has 0 bridgehead atoms. The van der Waals surface area contributed by atoms with Gasteiger partial charge in [-0.15, -0.1) is 0 Å². The Morgan fingerprint density at radius 2 is 1.77 bits per heavy atom. The average Bonchev–Trinajstić information content (AvgIpc) is 3.49. The molecule has 198 valence electrons. The van der Waals surface area contributed by atoms with Gasteiger partial charge in [0, 0.05) is 39.1 Å². The van der Waals surface area contributed by atoms with Gasteiger partial charge in [-0.25, -0.2) is 9.37 Å². The average molecular weight is 566 g/mol. The number of anilines is 3. The Bertz CT molecular complexity index is 1720. The van der Waals surface area contributed by atoms with E-state index in [4.69, 9.17) is 38.7 Å². The molecule has 0 aliphatic carbocycles. The van der Waals surface area contributed by atoms with E-state index in [1.807, 2.05) is 18.4 Å². The number of nitrogens with two attached hydrogens (primary N) is 1. The second kappa shape index (κ2) is 8.72. The van der Waals surface area contributed by atoms with Crippen LogP contribution in [0.3, 0.4) is 0 Å². The fraction of sp³-hybridized carbons (Fsp3) is 0.179. The molecule has 39 heavy (non-hydrogen) atoms. The monoisotopic (exact) mass is 565 g/mol. The predicted octanol–water partition coefficient (Wildman–Crippen LogP) is 6.02. The molecule has 2 amide bonds. The van der Waals surface area contributed by atoms with E-state index in [1.54, 1.807) is 36.4 Å². The molecule has 0 unspecified atom stereocenters. The van der Waals surface area contributed by atoms with Crippen LogP contribution in [0, 0.1) is 5.82 Å². The van der Waals surface area contributed by atoms with Gasteiger partial charge >= 0.3 is 0 Å². The normalized spacial score (nSPS) is 17.7. The van der Waals surface area contributed by atoms with E-state index >= 15 is 4.39 Å². The lowest BCUT2D eigenvalue weighted by Crippen LogP contribution is -2.51. The highest BCUT2D eigenvalue weighted by molar-refractivity contribution is 6.32. The van der Waals surface area contributed by atoms with Crippen molar-refractivity contribution in [1.82, 2.24) is 9.55 Å².